The molecule has 0 fully saturated rings. The summed E-state index contributed by atoms with van der Waals surface area (Å²) in [5.41, 5.74) is 11.3. The summed E-state index contributed by atoms with van der Waals surface area (Å²) in [6.45, 7) is 6.43. The highest BCUT2D eigenvalue weighted by molar-refractivity contribution is 5.69. The standard InChI is InChI=1S/C16H20N2/c1-11(2)13-7-9-14(10-8-13)18-16-6-4-5-15(17)12(16)3/h4-11,18H,17H2,1-3H3. The third-order valence-electron chi connectivity index (χ3n) is 3.23. The Morgan fingerprint density at radius 1 is 1.00 bits per heavy atom. The highest BCUT2D eigenvalue weighted by atomic mass is 14.9. The molecule has 2 heteroatoms. The zero-order valence-corrected chi connectivity index (χ0v) is 11.2. The van der Waals surface area contributed by atoms with Crippen LogP contribution >= 0.6 is 0 Å². The zero-order valence-electron chi connectivity index (χ0n) is 11.2. The van der Waals surface area contributed by atoms with Crippen molar-refractivity contribution in [1.29, 1.82) is 0 Å². The fourth-order valence-electron chi connectivity index (χ4n) is 1.90. The molecule has 0 bridgehead atoms. The van der Waals surface area contributed by atoms with E-state index >= 15 is 0 Å². The Bertz CT molecular complexity index is 527. The van der Waals surface area contributed by atoms with Gasteiger partial charge >= 0.3 is 0 Å². The first-order valence-corrected chi connectivity index (χ1v) is 6.30. The van der Waals surface area contributed by atoms with Crippen molar-refractivity contribution in [3.05, 3.63) is 53.6 Å². The van der Waals surface area contributed by atoms with Gasteiger partial charge in [-0.1, -0.05) is 32.0 Å². The highest BCUT2D eigenvalue weighted by Gasteiger charge is 2.02. The van der Waals surface area contributed by atoms with Crippen molar-refractivity contribution in [3.63, 3.8) is 0 Å². The Morgan fingerprint density at radius 3 is 2.28 bits per heavy atom. The van der Waals surface area contributed by atoms with Gasteiger partial charge in [0.15, 0.2) is 0 Å². The van der Waals surface area contributed by atoms with Gasteiger partial charge in [-0.3, -0.25) is 0 Å². The predicted octanol–water partition coefficient (Wildman–Crippen LogP) is 4.44. The fraction of sp³-hybridized carbons (Fsp3) is 0.250. The van der Waals surface area contributed by atoms with E-state index in [-0.39, 0.29) is 0 Å². The number of anilines is 3. The second-order valence-electron chi connectivity index (χ2n) is 4.92. The van der Waals surface area contributed by atoms with Crippen LogP contribution in [0.1, 0.15) is 30.9 Å². The van der Waals surface area contributed by atoms with Crippen LogP contribution in [0.25, 0.3) is 0 Å². The molecule has 2 aromatic rings. The van der Waals surface area contributed by atoms with Crippen molar-refractivity contribution < 1.29 is 0 Å². The summed E-state index contributed by atoms with van der Waals surface area (Å²) >= 11 is 0. The zero-order chi connectivity index (χ0) is 13.1. The van der Waals surface area contributed by atoms with E-state index < -0.39 is 0 Å². The van der Waals surface area contributed by atoms with Crippen molar-refractivity contribution in [3.8, 4) is 0 Å². The van der Waals surface area contributed by atoms with Crippen LogP contribution in [-0.4, -0.2) is 0 Å². The smallest absolute Gasteiger partial charge is 0.0434 e. The average Bonchev–Trinajstić information content (AvgIpc) is 2.36. The van der Waals surface area contributed by atoms with Crippen LogP contribution in [0.2, 0.25) is 0 Å². The lowest BCUT2D eigenvalue weighted by molar-refractivity contribution is 0.867. The molecule has 2 aromatic carbocycles. The molecule has 0 unspecified atom stereocenters. The molecule has 0 aromatic heterocycles. The van der Waals surface area contributed by atoms with Gasteiger partial charge in [0.1, 0.15) is 0 Å². The average molecular weight is 240 g/mol. The summed E-state index contributed by atoms with van der Waals surface area (Å²) in [4.78, 5) is 0. The molecular formula is C16H20N2. The van der Waals surface area contributed by atoms with Gasteiger partial charge in [-0.25, -0.2) is 0 Å². The van der Waals surface area contributed by atoms with Gasteiger partial charge in [0, 0.05) is 17.1 Å². The summed E-state index contributed by atoms with van der Waals surface area (Å²) in [5, 5.41) is 3.40. The fourth-order valence-corrected chi connectivity index (χ4v) is 1.90. The highest BCUT2D eigenvalue weighted by Crippen LogP contribution is 2.25. The Hall–Kier alpha value is -1.96. The van der Waals surface area contributed by atoms with E-state index in [2.05, 4.69) is 43.4 Å². The molecule has 0 heterocycles. The molecule has 18 heavy (non-hydrogen) atoms. The summed E-state index contributed by atoms with van der Waals surface area (Å²) in [6, 6.07) is 14.5. The van der Waals surface area contributed by atoms with Gasteiger partial charge in [0.2, 0.25) is 0 Å². The molecule has 2 rings (SSSR count). The van der Waals surface area contributed by atoms with Crippen molar-refractivity contribution in [2.75, 3.05) is 11.1 Å². The Labute approximate surface area is 109 Å². The molecule has 0 aliphatic rings. The molecule has 2 nitrogen and oxygen atoms in total. The minimum absolute atomic E-state index is 0.563. The van der Waals surface area contributed by atoms with Crippen LogP contribution < -0.4 is 11.1 Å². The summed E-state index contributed by atoms with van der Waals surface area (Å²) in [5.74, 6) is 0.563. The van der Waals surface area contributed by atoms with Gasteiger partial charge in [-0.05, 0) is 48.2 Å². The van der Waals surface area contributed by atoms with Gasteiger partial charge < -0.3 is 11.1 Å². The van der Waals surface area contributed by atoms with Crippen LogP contribution in [0.5, 0.6) is 0 Å². The molecule has 0 amide bonds. The quantitative estimate of drug-likeness (QED) is 0.778. The molecule has 0 atom stereocenters. The van der Waals surface area contributed by atoms with Crippen molar-refractivity contribution >= 4 is 17.1 Å². The molecule has 0 saturated heterocycles. The lowest BCUT2D eigenvalue weighted by Crippen LogP contribution is -1.97. The lowest BCUT2D eigenvalue weighted by atomic mass is 10.0. The monoisotopic (exact) mass is 240 g/mol. The van der Waals surface area contributed by atoms with E-state index in [4.69, 9.17) is 5.73 Å². The normalized spacial score (nSPS) is 10.7. The number of nitrogens with two attached hydrogens (primary N) is 1. The van der Waals surface area contributed by atoms with Crippen LogP contribution in [0.4, 0.5) is 17.1 Å². The van der Waals surface area contributed by atoms with Gasteiger partial charge in [0.05, 0.1) is 0 Å². The SMILES string of the molecule is Cc1c(N)cccc1Nc1ccc(C(C)C)cc1. The molecule has 0 radical (unpaired) electrons. The van der Waals surface area contributed by atoms with E-state index in [1.54, 1.807) is 0 Å². The van der Waals surface area contributed by atoms with E-state index in [1.165, 1.54) is 5.56 Å². The summed E-state index contributed by atoms with van der Waals surface area (Å²) in [6.07, 6.45) is 0. The number of benzene rings is 2. The van der Waals surface area contributed by atoms with E-state index in [0.717, 1.165) is 22.6 Å². The first-order chi connectivity index (χ1) is 8.58. The molecule has 0 aliphatic carbocycles. The van der Waals surface area contributed by atoms with Crippen LogP contribution in [0.15, 0.2) is 42.5 Å². The van der Waals surface area contributed by atoms with Crippen LogP contribution in [0.3, 0.4) is 0 Å². The topological polar surface area (TPSA) is 38.0 Å². The third kappa shape index (κ3) is 2.65. The number of hydrogen-bond acceptors (Lipinski definition) is 2. The Morgan fingerprint density at radius 2 is 1.67 bits per heavy atom. The number of nitrogen functional groups attached to an aromatic ring is 1. The lowest BCUT2D eigenvalue weighted by Gasteiger charge is -2.12. The first kappa shape index (κ1) is 12.5. The third-order valence-corrected chi connectivity index (χ3v) is 3.23. The minimum atomic E-state index is 0.563. The predicted molar refractivity (Wildman–Crippen MR) is 79.4 cm³/mol. The van der Waals surface area contributed by atoms with Gasteiger partial charge in [-0.15, -0.1) is 0 Å². The Balaban J connectivity index is 2.21. The molecule has 0 saturated carbocycles. The minimum Gasteiger partial charge on any atom is -0.398 e. The van der Waals surface area contributed by atoms with E-state index in [1.807, 2.05) is 25.1 Å². The van der Waals surface area contributed by atoms with E-state index in [0.29, 0.717) is 5.92 Å². The van der Waals surface area contributed by atoms with Crippen molar-refractivity contribution in [2.24, 2.45) is 0 Å². The number of rotatable bonds is 3. The van der Waals surface area contributed by atoms with Crippen molar-refractivity contribution in [1.82, 2.24) is 0 Å². The van der Waals surface area contributed by atoms with Crippen LogP contribution in [0, 0.1) is 6.92 Å². The molecule has 94 valence electrons. The molecular weight excluding hydrogens is 220 g/mol. The summed E-state index contributed by atoms with van der Waals surface area (Å²) < 4.78 is 0. The first-order valence-electron chi connectivity index (χ1n) is 6.30. The molecule has 0 spiro atoms. The Kier molecular flexibility index (Phi) is 3.56. The second-order valence-corrected chi connectivity index (χ2v) is 4.92. The van der Waals surface area contributed by atoms with Gasteiger partial charge in [-0.2, -0.15) is 0 Å². The second kappa shape index (κ2) is 5.13. The van der Waals surface area contributed by atoms with E-state index in [9.17, 15) is 0 Å². The summed E-state index contributed by atoms with van der Waals surface area (Å²) in [7, 11) is 0. The maximum Gasteiger partial charge on any atom is 0.0434 e. The van der Waals surface area contributed by atoms with Gasteiger partial charge in [0.25, 0.3) is 0 Å². The number of hydrogen-bond donors (Lipinski definition) is 2. The maximum atomic E-state index is 5.90. The maximum absolute atomic E-state index is 5.90. The largest absolute Gasteiger partial charge is 0.398 e. The molecule has 0 aliphatic heterocycles. The van der Waals surface area contributed by atoms with Crippen LogP contribution in [-0.2, 0) is 0 Å². The van der Waals surface area contributed by atoms with Crippen molar-refractivity contribution in [2.45, 2.75) is 26.7 Å². The molecule has 3 N–H and O–H groups in total. The number of nitrogens with one attached hydrogen (secondary N) is 1.